The maximum atomic E-state index is 5.11. The van der Waals surface area contributed by atoms with Crippen molar-refractivity contribution in [2.45, 2.75) is 60.8 Å². The molecule has 0 aliphatic heterocycles. The van der Waals surface area contributed by atoms with Crippen LogP contribution < -0.4 is 0 Å². The number of hydrogen-bond acceptors (Lipinski definition) is 1. The number of rotatable bonds is 7. The minimum absolute atomic E-state index is 0.306. The molecule has 0 aromatic rings. The van der Waals surface area contributed by atoms with Crippen molar-refractivity contribution in [2.75, 3.05) is 13.7 Å². The highest BCUT2D eigenvalue weighted by Gasteiger charge is 2.26. The quantitative estimate of drug-likeness (QED) is 0.449. The molecule has 0 atom stereocenters. The van der Waals surface area contributed by atoms with Gasteiger partial charge in [0.25, 0.3) is 0 Å². The van der Waals surface area contributed by atoms with E-state index in [2.05, 4.69) is 84.1 Å². The Hall–Kier alpha value is -1.60. The Balaban J connectivity index is 2.72. The molecule has 1 nitrogen and oxygen atoms in total. The van der Waals surface area contributed by atoms with Gasteiger partial charge in [-0.2, -0.15) is 0 Å². The second kappa shape index (κ2) is 10.4. The average molecular weight is 341 g/mol. The first-order valence-electron chi connectivity index (χ1n) is 9.32. The molecule has 0 spiro atoms. The van der Waals surface area contributed by atoms with Crippen molar-refractivity contribution in [1.29, 1.82) is 0 Å². The average Bonchev–Trinajstić information content (AvgIpc) is 2.52. The summed E-state index contributed by atoms with van der Waals surface area (Å²) in [5, 5.41) is 0. The highest BCUT2D eigenvalue weighted by atomic mass is 16.5. The zero-order chi connectivity index (χ0) is 18.9. The molecule has 0 amide bonds. The van der Waals surface area contributed by atoms with Gasteiger partial charge in [-0.25, -0.2) is 0 Å². The summed E-state index contributed by atoms with van der Waals surface area (Å²) < 4.78 is 5.11. The topological polar surface area (TPSA) is 9.23 Å². The van der Waals surface area contributed by atoms with Crippen molar-refractivity contribution in [3.8, 4) is 0 Å². The molecule has 1 rings (SSSR count). The van der Waals surface area contributed by atoms with E-state index < -0.39 is 0 Å². The van der Waals surface area contributed by atoms with E-state index in [-0.39, 0.29) is 0 Å². The van der Waals surface area contributed by atoms with Crippen molar-refractivity contribution in [3.05, 3.63) is 70.4 Å². The van der Waals surface area contributed by atoms with Crippen LogP contribution in [0.4, 0.5) is 0 Å². The third-order valence-electron chi connectivity index (χ3n) is 4.78. The molecule has 25 heavy (non-hydrogen) atoms. The molecule has 0 aromatic heterocycles. The van der Waals surface area contributed by atoms with E-state index in [1.807, 2.05) is 0 Å². The van der Waals surface area contributed by atoms with Crippen LogP contribution in [-0.4, -0.2) is 13.7 Å². The van der Waals surface area contributed by atoms with E-state index in [4.69, 9.17) is 4.74 Å². The highest BCUT2D eigenvalue weighted by molar-refractivity contribution is 5.37. The van der Waals surface area contributed by atoms with Gasteiger partial charge in [0.15, 0.2) is 0 Å². The Morgan fingerprint density at radius 3 is 2.36 bits per heavy atom. The van der Waals surface area contributed by atoms with Crippen LogP contribution in [-0.2, 0) is 4.74 Å². The largest absolute Gasteiger partial charge is 0.380 e. The van der Waals surface area contributed by atoms with Crippen LogP contribution in [0.2, 0.25) is 0 Å². The van der Waals surface area contributed by atoms with Crippen LogP contribution in [0.15, 0.2) is 70.4 Å². The van der Waals surface area contributed by atoms with Gasteiger partial charge in [0.1, 0.15) is 0 Å². The van der Waals surface area contributed by atoms with Crippen LogP contribution in [0.3, 0.4) is 0 Å². The van der Waals surface area contributed by atoms with Gasteiger partial charge in [0, 0.05) is 7.11 Å². The molecule has 0 fully saturated rings. The van der Waals surface area contributed by atoms with Gasteiger partial charge in [0.2, 0.25) is 0 Å². The summed E-state index contributed by atoms with van der Waals surface area (Å²) in [6.07, 6.45) is 19.1. The fraction of sp³-hybridized carbons (Fsp3) is 0.500. The Kier molecular flexibility index (Phi) is 8.92. The zero-order valence-corrected chi connectivity index (χ0v) is 17.3. The van der Waals surface area contributed by atoms with Gasteiger partial charge in [-0.1, -0.05) is 73.1 Å². The summed E-state index contributed by atoms with van der Waals surface area (Å²) in [7, 11) is 1.72. The molecule has 0 saturated heterocycles. The third kappa shape index (κ3) is 7.88. The molecule has 1 aliphatic rings. The van der Waals surface area contributed by atoms with Gasteiger partial charge in [-0.3, -0.25) is 0 Å². The Morgan fingerprint density at radius 2 is 1.72 bits per heavy atom. The Bertz CT molecular complexity index is 618. The van der Waals surface area contributed by atoms with Crippen molar-refractivity contribution in [1.82, 2.24) is 0 Å². The highest BCUT2D eigenvalue weighted by Crippen LogP contribution is 2.40. The second-order valence-corrected chi connectivity index (χ2v) is 7.89. The first kappa shape index (κ1) is 21.4. The van der Waals surface area contributed by atoms with E-state index in [1.165, 1.54) is 41.6 Å². The first-order valence-corrected chi connectivity index (χ1v) is 9.32. The number of hydrogen-bond donors (Lipinski definition) is 0. The second-order valence-electron chi connectivity index (χ2n) is 7.89. The summed E-state index contributed by atoms with van der Waals surface area (Å²) in [5.74, 6) is 0. The van der Waals surface area contributed by atoms with E-state index in [0.29, 0.717) is 12.0 Å². The molecule has 1 heteroatoms. The smallest absolute Gasteiger partial charge is 0.0673 e. The third-order valence-corrected chi connectivity index (χ3v) is 4.78. The molecule has 1 aliphatic carbocycles. The molecule has 0 unspecified atom stereocenters. The standard InChI is InChI=1S/C24H36O/c1-19(13-14-21(3)18-25-7)10-8-11-20(2)15-16-23-22(4)12-9-17-24(23,5)6/h8,10-11,13-16H,9,12,17-18H2,1-7H3. The van der Waals surface area contributed by atoms with Gasteiger partial charge in [-0.05, 0) is 63.5 Å². The van der Waals surface area contributed by atoms with E-state index in [9.17, 15) is 0 Å². The monoisotopic (exact) mass is 340 g/mol. The molecular weight excluding hydrogens is 304 g/mol. The first-order chi connectivity index (χ1) is 11.8. The predicted octanol–water partition coefficient (Wildman–Crippen LogP) is 7.11. The number of methoxy groups -OCH3 is 1. The van der Waals surface area contributed by atoms with E-state index in [0.717, 1.165) is 0 Å². The molecule has 0 radical (unpaired) electrons. The molecule has 0 aromatic carbocycles. The maximum Gasteiger partial charge on any atom is 0.0673 e. The lowest BCUT2D eigenvalue weighted by atomic mass is 9.72. The molecule has 0 heterocycles. The SMILES string of the molecule is COCC(C)=CC=C(C)C=CC=C(C)C=CC1=C(C)CCCC1(C)C. The van der Waals surface area contributed by atoms with Gasteiger partial charge in [0.05, 0.1) is 6.61 Å². The summed E-state index contributed by atoms with van der Waals surface area (Å²) in [4.78, 5) is 0. The maximum absolute atomic E-state index is 5.11. The van der Waals surface area contributed by atoms with Crippen molar-refractivity contribution >= 4 is 0 Å². The Labute approximate surface area is 155 Å². The fourth-order valence-corrected chi connectivity index (χ4v) is 3.24. The van der Waals surface area contributed by atoms with Gasteiger partial charge in [-0.15, -0.1) is 0 Å². The summed E-state index contributed by atoms with van der Waals surface area (Å²) >= 11 is 0. The summed E-state index contributed by atoms with van der Waals surface area (Å²) in [6.45, 7) is 14.0. The normalized spacial score (nSPS) is 20.2. The zero-order valence-electron chi connectivity index (χ0n) is 17.3. The minimum atomic E-state index is 0.306. The van der Waals surface area contributed by atoms with E-state index >= 15 is 0 Å². The molecule has 0 bridgehead atoms. The fourth-order valence-electron chi connectivity index (χ4n) is 3.24. The lowest BCUT2D eigenvalue weighted by molar-refractivity contribution is 0.226. The lowest BCUT2D eigenvalue weighted by Gasteiger charge is -2.32. The van der Waals surface area contributed by atoms with Gasteiger partial charge >= 0.3 is 0 Å². The van der Waals surface area contributed by atoms with Crippen LogP contribution in [0, 0.1) is 5.41 Å². The van der Waals surface area contributed by atoms with Crippen LogP contribution in [0.1, 0.15) is 60.8 Å². The summed E-state index contributed by atoms with van der Waals surface area (Å²) in [6, 6.07) is 0. The number of ether oxygens (including phenoxy) is 1. The molecule has 0 N–H and O–H groups in total. The van der Waals surface area contributed by atoms with Gasteiger partial charge < -0.3 is 4.74 Å². The molecule has 0 saturated carbocycles. The minimum Gasteiger partial charge on any atom is -0.380 e. The Morgan fingerprint density at radius 1 is 1.04 bits per heavy atom. The molecule has 138 valence electrons. The predicted molar refractivity (Wildman–Crippen MR) is 112 cm³/mol. The van der Waals surface area contributed by atoms with Crippen molar-refractivity contribution in [3.63, 3.8) is 0 Å². The van der Waals surface area contributed by atoms with Crippen molar-refractivity contribution < 1.29 is 4.74 Å². The summed E-state index contributed by atoms with van der Waals surface area (Å²) in [5.41, 5.74) is 7.11. The van der Waals surface area contributed by atoms with Crippen LogP contribution in [0.25, 0.3) is 0 Å². The van der Waals surface area contributed by atoms with Crippen LogP contribution in [0.5, 0.6) is 0 Å². The van der Waals surface area contributed by atoms with E-state index in [1.54, 1.807) is 12.7 Å². The molecular formula is C24H36O. The van der Waals surface area contributed by atoms with Crippen LogP contribution >= 0.6 is 0 Å². The number of allylic oxidation sites excluding steroid dienone is 11. The lowest BCUT2D eigenvalue weighted by Crippen LogP contribution is -2.19. The van der Waals surface area contributed by atoms with Crippen molar-refractivity contribution in [2.24, 2.45) is 5.41 Å².